The number of halogens is 2. The molecule has 0 aliphatic carbocycles. The molecule has 3 aliphatic rings. The zero-order valence-electron chi connectivity index (χ0n) is 16.0. The van der Waals surface area contributed by atoms with Gasteiger partial charge >= 0.3 is 0 Å². The third-order valence-corrected chi connectivity index (χ3v) is 6.71. The quantitative estimate of drug-likeness (QED) is 0.747. The Morgan fingerprint density at radius 1 is 1.07 bits per heavy atom. The van der Waals surface area contributed by atoms with E-state index in [1.165, 1.54) is 11.3 Å². The van der Waals surface area contributed by atoms with Gasteiger partial charge in [-0.05, 0) is 56.0 Å². The van der Waals surface area contributed by atoms with Crippen molar-refractivity contribution >= 4 is 42.1 Å². The van der Waals surface area contributed by atoms with E-state index in [-0.39, 0.29) is 30.7 Å². The number of benzene rings is 1. The lowest BCUT2D eigenvalue weighted by molar-refractivity contribution is 0.0753. The van der Waals surface area contributed by atoms with E-state index in [2.05, 4.69) is 10.3 Å². The van der Waals surface area contributed by atoms with Gasteiger partial charge < -0.3 is 19.7 Å². The first-order valence-corrected chi connectivity index (χ1v) is 10.5. The van der Waals surface area contributed by atoms with Gasteiger partial charge in [-0.3, -0.25) is 4.79 Å². The van der Waals surface area contributed by atoms with Crippen molar-refractivity contribution in [3.05, 3.63) is 29.3 Å². The Morgan fingerprint density at radius 2 is 1.76 bits per heavy atom. The molecule has 0 radical (unpaired) electrons. The zero-order chi connectivity index (χ0) is 18.2. The van der Waals surface area contributed by atoms with Gasteiger partial charge in [0, 0.05) is 24.0 Å². The number of hydrogen-bond acceptors (Lipinski definition) is 6. The zero-order valence-corrected chi connectivity index (χ0v) is 18.4. The van der Waals surface area contributed by atoms with E-state index in [1.807, 2.05) is 28.5 Å². The van der Waals surface area contributed by atoms with Gasteiger partial charge in [-0.15, -0.1) is 36.2 Å². The summed E-state index contributed by atoms with van der Waals surface area (Å²) in [5.41, 5.74) is 1.51. The Hall–Kier alpha value is -1.54. The highest BCUT2D eigenvalue weighted by molar-refractivity contribution is 7.13. The third kappa shape index (κ3) is 4.48. The van der Waals surface area contributed by atoms with E-state index < -0.39 is 0 Å². The first-order chi connectivity index (χ1) is 13.3. The molecule has 0 spiro atoms. The Bertz CT molecular complexity index is 849. The van der Waals surface area contributed by atoms with Crippen LogP contribution in [0.25, 0.3) is 10.6 Å². The predicted molar refractivity (Wildman–Crippen MR) is 118 cm³/mol. The predicted octanol–water partition coefficient (Wildman–Crippen LogP) is 3.50. The van der Waals surface area contributed by atoms with Crippen molar-refractivity contribution in [2.24, 2.45) is 11.8 Å². The monoisotopic (exact) mass is 457 g/mol. The highest BCUT2D eigenvalue weighted by atomic mass is 35.5. The van der Waals surface area contributed by atoms with Crippen molar-refractivity contribution in [3.8, 4) is 22.1 Å². The van der Waals surface area contributed by atoms with E-state index in [4.69, 9.17) is 9.47 Å². The van der Waals surface area contributed by atoms with Gasteiger partial charge in [-0.2, -0.15) is 0 Å². The second-order valence-corrected chi connectivity index (χ2v) is 8.30. The molecule has 3 aliphatic heterocycles. The molecule has 1 aromatic heterocycles. The van der Waals surface area contributed by atoms with Crippen LogP contribution < -0.4 is 14.8 Å². The van der Waals surface area contributed by atoms with Crippen LogP contribution in [0.4, 0.5) is 0 Å². The van der Waals surface area contributed by atoms with Crippen molar-refractivity contribution in [2.75, 3.05) is 39.4 Å². The normalized spacial score (nSPS) is 22.7. The van der Waals surface area contributed by atoms with Crippen molar-refractivity contribution in [2.45, 2.75) is 12.8 Å². The summed E-state index contributed by atoms with van der Waals surface area (Å²) in [6.07, 6.45) is 2.17. The summed E-state index contributed by atoms with van der Waals surface area (Å²) in [5, 5.41) is 6.19. The van der Waals surface area contributed by atoms with E-state index in [1.54, 1.807) is 0 Å². The van der Waals surface area contributed by atoms with Gasteiger partial charge in [0.15, 0.2) is 11.5 Å². The molecule has 29 heavy (non-hydrogen) atoms. The van der Waals surface area contributed by atoms with Crippen LogP contribution in [-0.4, -0.2) is 55.2 Å². The van der Waals surface area contributed by atoms with Crippen molar-refractivity contribution in [1.82, 2.24) is 15.2 Å². The average molecular weight is 458 g/mol. The van der Waals surface area contributed by atoms with E-state index in [9.17, 15) is 4.79 Å². The van der Waals surface area contributed by atoms with Crippen LogP contribution in [0, 0.1) is 11.8 Å². The molecule has 6 nitrogen and oxygen atoms in total. The van der Waals surface area contributed by atoms with Gasteiger partial charge in [0.05, 0.1) is 0 Å². The Labute approximate surface area is 186 Å². The Kier molecular flexibility index (Phi) is 7.27. The number of thiazole rings is 1. The maximum atomic E-state index is 13.0. The summed E-state index contributed by atoms with van der Waals surface area (Å²) in [4.78, 5) is 19.6. The molecule has 158 valence electrons. The van der Waals surface area contributed by atoms with Crippen LogP contribution in [-0.2, 0) is 0 Å². The summed E-state index contributed by atoms with van der Waals surface area (Å²) >= 11 is 1.50. The Morgan fingerprint density at radius 3 is 2.48 bits per heavy atom. The number of carbonyl (C=O) groups is 1. The summed E-state index contributed by atoms with van der Waals surface area (Å²) in [6, 6.07) is 5.83. The Balaban J connectivity index is 0.00000120. The number of amides is 1. The van der Waals surface area contributed by atoms with Gasteiger partial charge in [0.25, 0.3) is 5.91 Å². The molecule has 1 amide bonds. The fraction of sp³-hybridized carbons (Fsp3) is 0.500. The summed E-state index contributed by atoms with van der Waals surface area (Å²) in [6.45, 7) is 4.99. The highest BCUT2D eigenvalue weighted by Gasteiger charge is 2.32. The number of ether oxygens (including phenoxy) is 2. The number of fused-ring (bicyclic) bond motifs is 2. The van der Waals surface area contributed by atoms with E-state index in [0.717, 1.165) is 61.1 Å². The van der Waals surface area contributed by atoms with Gasteiger partial charge in [0.2, 0.25) is 0 Å². The minimum absolute atomic E-state index is 0. The van der Waals surface area contributed by atoms with Gasteiger partial charge in [-0.1, -0.05) is 0 Å². The molecule has 2 saturated heterocycles. The first kappa shape index (κ1) is 22.2. The molecule has 5 rings (SSSR count). The summed E-state index contributed by atoms with van der Waals surface area (Å²) in [5.74, 6) is 3.00. The summed E-state index contributed by atoms with van der Waals surface area (Å²) in [7, 11) is 0. The maximum Gasteiger partial charge on any atom is 0.273 e. The van der Waals surface area contributed by atoms with Crippen molar-refractivity contribution in [1.29, 1.82) is 0 Å². The molecule has 9 heteroatoms. The second kappa shape index (κ2) is 9.51. The second-order valence-electron chi connectivity index (χ2n) is 7.44. The minimum Gasteiger partial charge on any atom is -0.486 e. The van der Waals surface area contributed by atoms with Gasteiger partial charge in [0.1, 0.15) is 23.9 Å². The molecule has 2 atom stereocenters. The van der Waals surface area contributed by atoms with Crippen LogP contribution in [0.2, 0.25) is 0 Å². The number of aromatic nitrogens is 1. The fourth-order valence-corrected chi connectivity index (χ4v) is 5.06. The molecule has 2 fully saturated rings. The lowest BCUT2D eigenvalue weighted by Gasteiger charge is -2.19. The number of nitrogens with zero attached hydrogens (tertiary/aromatic N) is 2. The number of nitrogens with one attached hydrogen (secondary N) is 1. The molecule has 1 N–H and O–H groups in total. The van der Waals surface area contributed by atoms with Crippen LogP contribution in [0.3, 0.4) is 0 Å². The van der Waals surface area contributed by atoms with Crippen LogP contribution in [0.15, 0.2) is 23.6 Å². The maximum absolute atomic E-state index is 13.0. The lowest BCUT2D eigenvalue weighted by Crippen LogP contribution is -2.33. The molecule has 1 aromatic carbocycles. The SMILES string of the molecule is Cl.Cl.O=C(c1csc(-c2ccc3c(c2)OCCO3)n1)N1CC[C@@H]2CNC[C@@H]2CC1. The molecular weight excluding hydrogens is 433 g/mol. The van der Waals surface area contributed by atoms with Crippen molar-refractivity contribution < 1.29 is 14.3 Å². The average Bonchev–Trinajstić information content (AvgIpc) is 3.33. The first-order valence-electron chi connectivity index (χ1n) is 9.63. The number of hydrogen-bond donors (Lipinski definition) is 1. The van der Waals surface area contributed by atoms with Crippen LogP contribution in [0.1, 0.15) is 23.3 Å². The third-order valence-electron chi connectivity index (χ3n) is 5.82. The van der Waals surface area contributed by atoms with Crippen LogP contribution in [0.5, 0.6) is 11.5 Å². The topological polar surface area (TPSA) is 63.7 Å². The lowest BCUT2D eigenvalue weighted by atomic mass is 9.92. The molecule has 4 heterocycles. The van der Waals surface area contributed by atoms with E-state index in [0.29, 0.717) is 30.7 Å². The molecule has 2 aromatic rings. The molecule has 0 bridgehead atoms. The molecule has 0 saturated carbocycles. The number of likely N-dealkylation sites (tertiary alicyclic amines) is 1. The standard InChI is InChI=1S/C20H23N3O3S.2ClH/c24-20(23-5-3-14-10-21-11-15(14)4-6-23)16-12-27-19(22-16)13-1-2-17-18(9-13)26-8-7-25-17;;/h1-2,9,12,14-15,21H,3-8,10-11H2;2*1H/t14-,15+;;. The molecular formula is C20H25Cl2N3O3S. The smallest absolute Gasteiger partial charge is 0.273 e. The highest BCUT2D eigenvalue weighted by Crippen LogP contribution is 2.35. The number of carbonyl (C=O) groups excluding carboxylic acids is 1. The minimum atomic E-state index is 0. The van der Waals surface area contributed by atoms with Crippen LogP contribution >= 0.6 is 36.2 Å². The van der Waals surface area contributed by atoms with Crippen molar-refractivity contribution in [3.63, 3.8) is 0 Å². The van der Waals surface area contributed by atoms with E-state index >= 15 is 0 Å². The van der Waals surface area contributed by atoms with Gasteiger partial charge in [-0.25, -0.2) is 4.98 Å². The largest absolute Gasteiger partial charge is 0.486 e. The molecule has 0 unspecified atom stereocenters. The number of rotatable bonds is 2. The summed E-state index contributed by atoms with van der Waals surface area (Å²) < 4.78 is 11.2. The fourth-order valence-electron chi connectivity index (χ4n) is 4.26.